The SMILES string of the molecule is COC(I)[Si](C)(C)C. The zero-order valence-corrected chi connectivity index (χ0v) is 9.02. The van der Waals surface area contributed by atoms with Crippen LogP contribution in [0.5, 0.6) is 0 Å². The topological polar surface area (TPSA) is 9.23 Å². The average Bonchev–Trinajstić information content (AvgIpc) is 1.62. The molecule has 0 amide bonds. The molecule has 1 unspecified atom stereocenters. The summed E-state index contributed by atoms with van der Waals surface area (Å²) < 4.78 is 5.62. The largest absolute Gasteiger partial charge is 0.375 e. The van der Waals surface area contributed by atoms with Crippen molar-refractivity contribution in [2.24, 2.45) is 0 Å². The van der Waals surface area contributed by atoms with Gasteiger partial charge in [0.15, 0.2) is 0 Å². The Hall–Kier alpha value is 0.907. The van der Waals surface area contributed by atoms with Gasteiger partial charge in [-0.2, -0.15) is 0 Å². The maximum absolute atomic E-state index is 5.16. The van der Waals surface area contributed by atoms with Crippen LogP contribution in [0.1, 0.15) is 0 Å². The Morgan fingerprint density at radius 3 is 1.75 bits per heavy atom. The average molecular weight is 244 g/mol. The van der Waals surface area contributed by atoms with Crippen molar-refractivity contribution in [3.63, 3.8) is 0 Å². The highest BCUT2D eigenvalue weighted by atomic mass is 127. The van der Waals surface area contributed by atoms with Crippen molar-refractivity contribution in [3.05, 3.63) is 0 Å². The third kappa shape index (κ3) is 3.04. The van der Waals surface area contributed by atoms with E-state index in [1.54, 1.807) is 7.11 Å². The molecule has 0 saturated heterocycles. The molecular weight excluding hydrogens is 231 g/mol. The lowest BCUT2D eigenvalue weighted by molar-refractivity contribution is 0.233. The van der Waals surface area contributed by atoms with Crippen LogP contribution in [0.15, 0.2) is 0 Å². The van der Waals surface area contributed by atoms with Gasteiger partial charge >= 0.3 is 0 Å². The highest BCUT2D eigenvalue weighted by Gasteiger charge is 2.23. The molecule has 0 heterocycles. The molecule has 0 aromatic carbocycles. The van der Waals surface area contributed by atoms with Crippen LogP contribution in [0, 0.1) is 0 Å². The summed E-state index contributed by atoms with van der Waals surface area (Å²) in [6.45, 7) is 6.90. The highest BCUT2D eigenvalue weighted by Crippen LogP contribution is 2.16. The zero-order valence-electron chi connectivity index (χ0n) is 5.86. The lowest BCUT2D eigenvalue weighted by Crippen LogP contribution is -2.34. The fourth-order valence-electron chi connectivity index (χ4n) is 0.354. The number of methoxy groups -OCH3 is 1. The van der Waals surface area contributed by atoms with E-state index in [0.29, 0.717) is 3.73 Å². The summed E-state index contributed by atoms with van der Waals surface area (Å²) >= 11 is 2.35. The van der Waals surface area contributed by atoms with E-state index in [2.05, 4.69) is 42.2 Å². The predicted molar refractivity (Wildman–Crippen MR) is 48.2 cm³/mol. The number of hydrogen-bond acceptors (Lipinski definition) is 1. The van der Waals surface area contributed by atoms with Gasteiger partial charge in [-0.15, -0.1) is 0 Å². The third-order valence-electron chi connectivity index (χ3n) is 0.888. The Kier molecular flexibility index (Phi) is 3.53. The number of alkyl halides is 1. The molecule has 0 spiro atoms. The number of rotatable bonds is 2. The molecule has 0 aliphatic rings. The molecular formula is C5H13IOSi. The second-order valence-corrected chi connectivity index (χ2v) is 10.5. The van der Waals surface area contributed by atoms with E-state index in [0.717, 1.165) is 0 Å². The molecule has 50 valence electrons. The van der Waals surface area contributed by atoms with Crippen LogP contribution in [0.2, 0.25) is 19.6 Å². The minimum absolute atomic E-state index is 0.458. The summed E-state index contributed by atoms with van der Waals surface area (Å²) in [5, 5.41) is 0. The van der Waals surface area contributed by atoms with Crippen molar-refractivity contribution in [1.29, 1.82) is 0 Å². The molecule has 0 fully saturated rings. The second-order valence-electron chi connectivity index (χ2n) is 2.92. The molecule has 0 radical (unpaired) electrons. The van der Waals surface area contributed by atoms with E-state index in [4.69, 9.17) is 4.74 Å². The Bertz CT molecular complexity index is 69.3. The van der Waals surface area contributed by atoms with E-state index in [1.807, 2.05) is 0 Å². The maximum atomic E-state index is 5.16. The van der Waals surface area contributed by atoms with Gasteiger partial charge in [0, 0.05) is 7.11 Å². The molecule has 0 N–H and O–H groups in total. The van der Waals surface area contributed by atoms with Crippen LogP contribution in [0.4, 0.5) is 0 Å². The van der Waals surface area contributed by atoms with Crippen molar-refractivity contribution < 1.29 is 4.74 Å². The van der Waals surface area contributed by atoms with Gasteiger partial charge in [-0.25, -0.2) is 0 Å². The van der Waals surface area contributed by atoms with Crippen LogP contribution in [0.3, 0.4) is 0 Å². The monoisotopic (exact) mass is 244 g/mol. The van der Waals surface area contributed by atoms with E-state index >= 15 is 0 Å². The van der Waals surface area contributed by atoms with Gasteiger partial charge in [-0.3, -0.25) is 0 Å². The smallest absolute Gasteiger partial charge is 0.0963 e. The second kappa shape index (κ2) is 3.17. The summed E-state index contributed by atoms with van der Waals surface area (Å²) in [5.41, 5.74) is 0. The predicted octanol–water partition coefficient (Wildman–Crippen LogP) is 2.27. The first kappa shape index (κ1) is 8.91. The normalized spacial score (nSPS) is 16.1. The molecule has 0 aromatic heterocycles. The van der Waals surface area contributed by atoms with Crippen molar-refractivity contribution in [2.75, 3.05) is 7.11 Å². The first-order valence-electron chi connectivity index (χ1n) is 2.65. The summed E-state index contributed by atoms with van der Waals surface area (Å²) in [6, 6.07) is 0. The van der Waals surface area contributed by atoms with Gasteiger partial charge < -0.3 is 4.74 Å². The van der Waals surface area contributed by atoms with Crippen molar-refractivity contribution in [2.45, 2.75) is 23.4 Å². The molecule has 8 heavy (non-hydrogen) atoms. The van der Waals surface area contributed by atoms with Crippen molar-refractivity contribution >= 4 is 30.7 Å². The standard InChI is InChI=1S/C5H13IOSi/c1-7-5(6)8(2,3)4/h5H,1-4H3. The van der Waals surface area contributed by atoms with Crippen molar-refractivity contribution in [1.82, 2.24) is 0 Å². The molecule has 0 aliphatic heterocycles. The maximum Gasteiger partial charge on any atom is 0.0963 e. The molecule has 1 nitrogen and oxygen atoms in total. The number of hydrogen-bond donors (Lipinski definition) is 0. The van der Waals surface area contributed by atoms with Gasteiger partial charge in [0.05, 0.1) is 11.8 Å². The third-order valence-corrected chi connectivity index (χ3v) is 8.60. The minimum Gasteiger partial charge on any atom is -0.375 e. The van der Waals surface area contributed by atoms with Gasteiger partial charge in [-0.1, -0.05) is 42.2 Å². The quantitative estimate of drug-likeness (QED) is 0.411. The molecule has 1 atom stereocenters. The van der Waals surface area contributed by atoms with Gasteiger partial charge in [0.25, 0.3) is 0 Å². The van der Waals surface area contributed by atoms with E-state index in [1.165, 1.54) is 0 Å². The summed E-state index contributed by atoms with van der Waals surface area (Å²) in [6.07, 6.45) is 0. The summed E-state index contributed by atoms with van der Waals surface area (Å²) in [4.78, 5) is 0. The van der Waals surface area contributed by atoms with Gasteiger partial charge in [0.1, 0.15) is 0 Å². The molecule has 0 saturated carbocycles. The van der Waals surface area contributed by atoms with E-state index < -0.39 is 8.07 Å². The minimum atomic E-state index is -0.996. The lowest BCUT2D eigenvalue weighted by atomic mass is 11.5. The Balaban J connectivity index is 3.62. The van der Waals surface area contributed by atoms with Crippen molar-refractivity contribution in [3.8, 4) is 0 Å². The van der Waals surface area contributed by atoms with Crippen LogP contribution in [-0.4, -0.2) is 18.9 Å². The van der Waals surface area contributed by atoms with Crippen LogP contribution in [0.25, 0.3) is 0 Å². The molecule has 0 aliphatic carbocycles. The lowest BCUT2D eigenvalue weighted by Gasteiger charge is -2.21. The Morgan fingerprint density at radius 2 is 1.75 bits per heavy atom. The van der Waals surface area contributed by atoms with E-state index in [-0.39, 0.29) is 0 Å². The number of halogens is 1. The Morgan fingerprint density at radius 1 is 1.38 bits per heavy atom. The fraction of sp³-hybridized carbons (Fsp3) is 1.00. The summed E-state index contributed by atoms with van der Waals surface area (Å²) in [7, 11) is 0.777. The van der Waals surface area contributed by atoms with Gasteiger partial charge in [-0.05, 0) is 0 Å². The first-order chi connectivity index (χ1) is 3.48. The Labute approximate surface area is 66.0 Å². The highest BCUT2D eigenvalue weighted by molar-refractivity contribution is 14.1. The van der Waals surface area contributed by atoms with Crippen LogP contribution >= 0.6 is 22.6 Å². The molecule has 0 aromatic rings. The molecule has 0 rings (SSSR count). The van der Waals surface area contributed by atoms with E-state index in [9.17, 15) is 0 Å². The summed E-state index contributed by atoms with van der Waals surface area (Å²) in [5.74, 6) is 0. The first-order valence-corrected chi connectivity index (χ1v) is 7.47. The molecule has 0 bridgehead atoms. The zero-order chi connectivity index (χ0) is 6.78. The molecule has 3 heteroatoms. The van der Waals surface area contributed by atoms with Crippen LogP contribution < -0.4 is 0 Å². The van der Waals surface area contributed by atoms with Crippen LogP contribution in [-0.2, 0) is 4.74 Å². The fourth-order valence-corrected chi connectivity index (χ4v) is 1.06. The van der Waals surface area contributed by atoms with Gasteiger partial charge in [0.2, 0.25) is 0 Å². The number of ether oxygens (including phenoxy) is 1.